The van der Waals surface area contributed by atoms with Crippen LogP contribution < -0.4 is 9.64 Å². The second-order valence-electron chi connectivity index (χ2n) is 3.99. The van der Waals surface area contributed by atoms with Crippen molar-refractivity contribution < 1.29 is 14.3 Å². The molecule has 92 valence electrons. The molecule has 0 atom stereocenters. The Morgan fingerprint density at radius 3 is 2.47 bits per heavy atom. The standard InChI is InChI=1S/C13H17NO3/c1-9-7-11(5-6-12(9)17-4)14(3)13(16)8-10(2)15/h5-7H,8H2,1-4H3. The molecule has 4 nitrogen and oxygen atoms in total. The van der Waals surface area contributed by atoms with Crippen LogP contribution in [0.3, 0.4) is 0 Å². The molecule has 0 saturated carbocycles. The number of ketones is 1. The van der Waals surface area contributed by atoms with Crippen molar-refractivity contribution in [3.63, 3.8) is 0 Å². The van der Waals surface area contributed by atoms with Crippen LogP contribution >= 0.6 is 0 Å². The average molecular weight is 235 g/mol. The number of carbonyl (C=O) groups excluding carboxylic acids is 2. The van der Waals surface area contributed by atoms with Crippen LogP contribution in [0.5, 0.6) is 5.75 Å². The lowest BCUT2D eigenvalue weighted by Crippen LogP contribution is -2.27. The minimum atomic E-state index is -0.206. The zero-order valence-corrected chi connectivity index (χ0v) is 10.6. The fraction of sp³-hybridized carbons (Fsp3) is 0.385. The highest BCUT2D eigenvalue weighted by Gasteiger charge is 2.13. The van der Waals surface area contributed by atoms with E-state index in [0.29, 0.717) is 0 Å². The molecule has 1 aromatic rings. The molecule has 1 aromatic carbocycles. The second kappa shape index (κ2) is 5.48. The number of hydrogen-bond donors (Lipinski definition) is 0. The van der Waals surface area contributed by atoms with Crippen LogP contribution in [0.1, 0.15) is 18.9 Å². The zero-order valence-electron chi connectivity index (χ0n) is 10.6. The normalized spacial score (nSPS) is 9.88. The summed E-state index contributed by atoms with van der Waals surface area (Å²) in [6.07, 6.45) is -0.0679. The molecule has 0 unspecified atom stereocenters. The van der Waals surface area contributed by atoms with Gasteiger partial charge in [-0.2, -0.15) is 0 Å². The Labute approximate surface area is 101 Å². The predicted molar refractivity (Wildman–Crippen MR) is 66.4 cm³/mol. The number of hydrogen-bond acceptors (Lipinski definition) is 3. The minimum absolute atomic E-state index is 0.0679. The van der Waals surface area contributed by atoms with Crippen LogP contribution in [0.2, 0.25) is 0 Å². The second-order valence-corrected chi connectivity index (χ2v) is 3.99. The van der Waals surface area contributed by atoms with Crippen molar-refractivity contribution >= 4 is 17.4 Å². The molecule has 0 aliphatic rings. The number of Topliss-reactive ketones (excluding diaryl/α,β-unsaturated/α-hetero) is 1. The lowest BCUT2D eigenvalue weighted by Gasteiger charge is -2.18. The molecule has 4 heteroatoms. The first-order chi connectivity index (χ1) is 7.95. The van der Waals surface area contributed by atoms with Crippen LogP contribution in [-0.2, 0) is 9.59 Å². The Morgan fingerprint density at radius 2 is 2.00 bits per heavy atom. The highest BCUT2D eigenvalue weighted by molar-refractivity contribution is 6.04. The highest BCUT2D eigenvalue weighted by atomic mass is 16.5. The SMILES string of the molecule is COc1ccc(N(C)C(=O)CC(C)=O)cc1C. The Kier molecular flexibility index (Phi) is 4.26. The summed E-state index contributed by atoms with van der Waals surface area (Å²) in [5.41, 5.74) is 1.71. The maximum absolute atomic E-state index is 11.7. The lowest BCUT2D eigenvalue weighted by atomic mass is 10.2. The number of ether oxygens (including phenoxy) is 1. The van der Waals surface area contributed by atoms with Gasteiger partial charge >= 0.3 is 0 Å². The largest absolute Gasteiger partial charge is 0.496 e. The Bertz CT molecular complexity index is 440. The molecule has 0 aliphatic heterocycles. The summed E-state index contributed by atoms with van der Waals surface area (Å²) < 4.78 is 5.15. The minimum Gasteiger partial charge on any atom is -0.496 e. The summed E-state index contributed by atoms with van der Waals surface area (Å²) in [6.45, 7) is 3.32. The van der Waals surface area contributed by atoms with Gasteiger partial charge in [-0.15, -0.1) is 0 Å². The van der Waals surface area contributed by atoms with Gasteiger partial charge in [-0.25, -0.2) is 0 Å². The molecule has 0 saturated heterocycles. The van der Waals surface area contributed by atoms with Crippen molar-refractivity contribution in [3.8, 4) is 5.75 Å². The Balaban J connectivity index is 2.89. The molecule has 17 heavy (non-hydrogen) atoms. The van der Waals surface area contributed by atoms with E-state index >= 15 is 0 Å². The number of amides is 1. The van der Waals surface area contributed by atoms with E-state index in [9.17, 15) is 9.59 Å². The molecule has 0 radical (unpaired) electrons. The molecular formula is C13H17NO3. The molecule has 1 amide bonds. The van der Waals surface area contributed by atoms with Crippen LogP contribution in [0.15, 0.2) is 18.2 Å². The maximum Gasteiger partial charge on any atom is 0.234 e. The molecule has 0 bridgehead atoms. The summed E-state index contributed by atoms with van der Waals surface area (Å²) in [6, 6.07) is 5.46. The van der Waals surface area contributed by atoms with E-state index in [2.05, 4.69) is 0 Å². The van der Waals surface area contributed by atoms with Crippen LogP contribution in [0, 0.1) is 6.92 Å². The molecule has 0 spiro atoms. The number of methoxy groups -OCH3 is 1. The van der Waals surface area contributed by atoms with Gasteiger partial charge < -0.3 is 9.64 Å². The van der Waals surface area contributed by atoms with Gasteiger partial charge in [-0.3, -0.25) is 9.59 Å². The van der Waals surface area contributed by atoms with Gasteiger partial charge in [-0.1, -0.05) is 0 Å². The van der Waals surface area contributed by atoms with E-state index in [1.807, 2.05) is 19.1 Å². The number of aryl methyl sites for hydroxylation is 1. The van der Waals surface area contributed by atoms with Gasteiger partial charge in [0.15, 0.2) is 0 Å². The molecular weight excluding hydrogens is 218 g/mol. The smallest absolute Gasteiger partial charge is 0.234 e. The monoisotopic (exact) mass is 235 g/mol. The van der Waals surface area contributed by atoms with Crippen molar-refractivity contribution in [2.75, 3.05) is 19.1 Å². The molecule has 0 aromatic heterocycles. The summed E-state index contributed by atoms with van der Waals surface area (Å²) in [5, 5.41) is 0. The number of benzene rings is 1. The van der Waals surface area contributed by atoms with Crippen LogP contribution in [0.25, 0.3) is 0 Å². The van der Waals surface area contributed by atoms with Gasteiger partial charge in [0.05, 0.1) is 13.5 Å². The van der Waals surface area contributed by atoms with E-state index in [0.717, 1.165) is 17.0 Å². The topological polar surface area (TPSA) is 46.6 Å². The third-order valence-electron chi connectivity index (χ3n) is 2.54. The number of rotatable bonds is 4. The lowest BCUT2D eigenvalue weighted by molar-refractivity contribution is -0.125. The summed E-state index contributed by atoms with van der Waals surface area (Å²) in [4.78, 5) is 24.1. The molecule has 0 fully saturated rings. The van der Waals surface area contributed by atoms with Crippen LogP contribution in [-0.4, -0.2) is 25.8 Å². The van der Waals surface area contributed by atoms with E-state index in [-0.39, 0.29) is 18.1 Å². The van der Waals surface area contributed by atoms with E-state index in [4.69, 9.17) is 4.74 Å². The fourth-order valence-corrected chi connectivity index (χ4v) is 1.55. The zero-order chi connectivity index (χ0) is 13.0. The molecule has 0 N–H and O–H groups in total. The van der Waals surface area contributed by atoms with Crippen LogP contribution in [0.4, 0.5) is 5.69 Å². The molecule has 1 rings (SSSR count). The summed E-state index contributed by atoms with van der Waals surface area (Å²) in [5.74, 6) is 0.440. The van der Waals surface area contributed by atoms with Crippen molar-refractivity contribution in [3.05, 3.63) is 23.8 Å². The van der Waals surface area contributed by atoms with Gasteiger partial charge in [0.1, 0.15) is 11.5 Å². The number of carbonyl (C=O) groups is 2. The molecule has 0 heterocycles. The van der Waals surface area contributed by atoms with Crippen molar-refractivity contribution in [2.24, 2.45) is 0 Å². The highest BCUT2D eigenvalue weighted by Crippen LogP contribution is 2.23. The first-order valence-corrected chi connectivity index (χ1v) is 5.36. The van der Waals surface area contributed by atoms with E-state index in [1.54, 1.807) is 20.2 Å². The predicted octanol–water partition coefficient (Wildman–Crippen LogP) is 1.95. The maximum atomic E-state index is 11.7. The molecule has 0 aliphatic carbocycles. The van der Waals surface area contributed by atoms with Crippen molar-refractivity contribution in [2.45, 2.75) is 20.3 Å². The Morgan fingerprint density at radius 1 is 1.35 bits per heavy atom. The third kappa shape index (κ3) is 3.31. The summed E-state index contributed by atoms with van der Waals surface area (Å²) in [7, 11) is 3.26. The quantitative estimate of drug-likeness (QED) is 0.749. The van der Waals surface area contributed by atoms with Crippen molar-refractivity contribution in [1.29, 1.82) is 0 Å². The van der Waals surface area contributed by atoms with Gasteiger partial charge in [-0.05, 0) is 37.6 Å². The Hall–Kier alpha value is -1.84. The van der Waals surface area contributed by atoms with Crippen molar-refractivity contribution in [1.82, 2.24) is 0 Å². The third-order valence-corrected chi connectivity index (χ3v) is 2.54. The van der Waals surface area contributed by atoms with Gasteiger partial charge in [0.2, 0.25) is 5.91 Å². The average Bonchev–Trinajstić information content (AvgIpc) is 2.27. The first-order valence-electron chi connectivity index (χ1n) is 5.36. The van der Waals surface area contributed by atoms with E-state index < -0.39 is 0 Å². The van der Waals surface area contributed by atoms with Gasteiger partial charge in [0.25, 0.3) is 0 Å². The first kappa shape index (κ1) is 13.2. The van der Waals surface area contributed by atoms with E-state index in [1.165, 1.54) is 11.8 Å². The number of nitrogens with zero attached hydrogens (tertiary/aromatic N) is 1. The fourth-order valence-electron chi connectivity index (χ4n) is 1.55. The van der Waals surface area contributed by atoms with Gasteiger partial charge in [0, 0.05) is 12.7 Å². The number of anilines is 1. The summed E-state index contributed by atoms with van der Waals surface area (Å²) >= 11 is 0.